The Balaban J connectivity index is -0.000000191. The third-order valence-electron chi connectivity index (χ3n) is 3.19. The van der Waals surface area contributed by atoms with Crippen molar-refractivity contribution in [2.75, 3.05) is 14.2 Å². The molecule has 2 aromatic rings. The van der Waals surface area contributed by atoms with Gasteiger partial charge >= 0.3 is 35.0 Å². The number of halogens is 4. The number of hydrogen-bond acceptors (Lipinski definition) is 4. The van der Waals surface area contributed by atoms with Crippen molar-refractivity contribution in [2.45, 2.75) is 27.7 Å². The van der Waals surface area contributed by atoms with Gasteiger partial charge in [0.25, 0.3) is 0 Å². The minimum Gasteiger partial charge on any atom is -1.00 e. The van der Waals surface area contributed by atoms with Crippen LogP contribution in [0.5, 0.6) is 0 Å². The van der Waals surface area contributed by atoms with Crippen LogP contribution in [0.15, 0.2) is 40.9 Å². The van der Waals surface area contributed by atoms with Gasteiger partial charge in [-0.3, -0.25) is 0 Å². The van der Waals surface area contributed by atoms with Gasteiger partial charge in [-0.05, 0) is 64.3 Å². The summed E-state index contributed by atoms with van der Waals surface area (Å²) in [7, 11) is 2.59. The number of carbonyl (C=O) groups excluding carboxylic acids is 2. The number of rotatable bonds is 3. The van der Waals surface area contributed by atoms with Gasteiger partial charge in [-0.1, -0.05) is 14.4 Å². The van der Waals surface area contributed by atoms with Crippen molar-refractivity contribution in [3.8, 4) is 0 Å². The number of methoxy groups -OCH3 is 2. The number of benzene rings is 2. The first kappa shape index (κ1) is 36.3. The van der Waals surface area contributed by atoms with E-state index in [0.717, 1.165) is 0 Å². The maximum absolute atomic E-state index is 12.7. The molecule has 0 amide bonds. The molecule has 9 heteroatoms. The molecule has 2 aromatic carbocycles. The van der Waals surface area contributed by atoms with Crippen LogP contribution in [-0.4, -0.2) is 49.2 Å². The molecule has 0 aliphatic rings. The monoisotopic (exact) mass is 562 g/mol. The van der Waals surface area contributed by atoms with Gasteiger partial charge in [-0.15, -0.1) is 0 Å². The molecule has 0 radical (unpaired) electrons. The first-order valence-corrected chi connectivity index (χ1v) is 8.74. The fourth-order valence-electron chi connectivity index (χ4n) is 1.93. The van der Waals surface area contributed by atoms with Crippen LogP contribution in [0, 0.1) is 18.6 Å². The van der Waals surface area contributed by atoms with Crippen LogP contribution in [0.4, 0.5) is 8.78 Å². The molecule has 0 aliphatic carbocycles. The normalized spacial score (nSPS) is 8.27. The summed E-state index contributed by atoms with van der Waals surface area (Å²) in [5.74, 6) is -1.63. The summed E-state index contributed by atoms with van der Waals surface area (Å²) in [6.45, 7) is 6.86. The van der Waals surface area contributed by atoms with Gasteiger partial charge < -0.3 is 33.4 Å². The second-order valence-electron chi connectivity index (χ2n) is 4.76. The van der Waals surface area contributed by atoms with Gasteiger partial charge in [0.15, 0.2) is 0 Å². The SMILES string of the molecule is C.CCc1cc(F)ccc1C(=O)OC.COC(=O)c1ccc(F)cc1Br.[Br-].[CH2-]C.[Mg+2]. The molecule has 4 nitrogen and oxygen atoms in total. The molecule has 2 rings (SSSR count). The molecule has 0 aromatic heterocycles. The van der Waals surface area contributed by atoms with E-state index in [1.807, 2.05) is 6.92 Å². The van der Waals surface area contributed by atoms with E-state index in [1.165, 1.54) is 50.6 Å². The summed E-state index contributed by atoms with van der Waals surface area (Å²) in [4.78, 5) is 22.1. The van der Waals surface area contributed by atoms with Gasteiger partial charge in [-0.2, -0.15) is 6.92 Å². The molecule has 0 fully saturated rings. The number of carbonyl (C=O) groups is 2. The van der Waals surface area contributed by atoms with Gasteiger partial charge in [0, 0.05) is 4.47 Å². The Morgan fingerprint density at radius 1 is 0.933 bits per heavy atom. The number of hydrogen-bond donors (Lipinski definition) is 0. The Bertz CT molecular complexity index is 775. The Kier molecular flexibility index (Phi) is 24.1. The maximum atomic E-state index is 12.7. The van der Waals surface area contributed by atoms with Gasteiger partial charge in [-0.25, -0.2) is 18.4 Å². The van der Waals surface area contributed by atoms with Crippen LogP contribution in [0.2, 0.25) is 0 Å². The number of esters is 2. The van der Waals surface area contributed by atoms with E-state index in [1.54, 1.807) is 6.92 Å². The predicted molar refractivity (Wildman–Crippen MR) is 116 cm³/mol. The van der Waals surface area contributed by atoms with Crippen molar-refractivity contribution >= 4 is 50.9 Å². The van der Waals surface area contributed by atoms with Gasteiger partial charge in [0.2, 0.25) is 0 Å². The molecule has 0 aliphatic heterocycles. The zero-order valence-electron chi connectivity index (χ0n) is 16.7. The van der Waals surface area contributed by atoms with Crippen LogP contribution < -0.4 is 17.0 Å². The van der Waals surface area contributed by atoms with Crippen molar-refractivity contribution < 1.29 is 44.8 Å². The third kappa shape index (κ3) is 12.0. The molecule has 164 valence electrons. The van der Waals surface area contributed by atoms with Crippen LogP contribution in [0.3, 0.4) is 0 Å². The minimum atomic E-state index is -0.484. The molecule has 0 unspecified atom stereocenters. The Morgan fingerprint density at radius 2 is 1.33 bits per heavy atom. The quantitative estimate of drug-likeness (QED) is 0.327. The fraction of sp³-hybridized carbons (Fsp3) is 0.286. The third-order valence-corrected chi connectivity index (χ3v) is 3.85. The number of aryl methyl sites for hydroxylation is 1. The molecule has 30 heavy (non-hydrogen) atoms. The van der Waals surface area contributed by atoms with Crippen molar-refractivity contribution in [1.29, 1.82) is 0 Å². The molecule has 0 saturated carbocycles. The van der Waals surface area contributed by atoms with Crippen LogP contribution in [0.1, 0.15) is 47.6 Å². The Hall–Kier alpha value is -1.03. The van der Waals surface area contributed by atoms with Crippen molar-refractivity contribution in [2.24, 2.45) is 0 Å². The van der Waals surface area contributed by atoms with Crippen LogP contribution in [0.25, 0.3) is 0 Å². The molecule has 0 bridgehead atoms. The summed E-state index contributed by atoms with van der Waals surface area (Å²) in [6, 6.07) is 7.84. The smallest absolute Gasteiger partial charge is 1.00 e. The molecule has 0 N–H and O–H groups in total. The summed E-state index contributed by atoms with van der Waals surface area (Å²) >= 11 is 3.05. The average Bonchev–Trinajstić information content (AvgIpc) is 2.68. The zero-order chi connectivity index (χ0) is 21.0. The average molecular weight is 565 g/mol. The van der Waals surface area contributed by atoms with E-state index in [0.29, 0.717) is 27.6 Å². The molecule has 0 atom stereocenters. The second kappa shape index (κ2) is 19.9. The van der Waals surface area contributed by atoms with Gasteiger partial charge in [0.1, 0.15) is 11.6 Å². The summed E-state index contributed by atoms with van der Waals surface area (Å²) < 4.78 is 34.7. The maximum Gasteiger partial charge on any atom is 2.00 e. The standard InChI is InChI=1S/C10H11FO2.C8H6BrFO2.C2H5.CH4.BrH.Mg/c1-3-7-6-8(11)4-5-9(7)10(12)13-2;1-12-8(11)6-3-2-5(10)4-7(6)9;1-2;;;/h4-6H,3H2,1-2H3;2-4H,1H3;1H2,2H3;1H4;1H;/q;;-1;;;+2/p-1. The van der Waals surface area contributed by atoms with E-state index in [9.17, 15) is 18.4 Å². The van der Waals surface area contributed by atoms with Crippen molar-refractivity contribution in [1.82, 2.24) is 0 Å². The molecular formula is C21H26Br2F2MgO4. The van der Waals surface area contributed by atoms with Crippen molar-refractivity contribution in [3.63, 3.8) is 0 Å². The fourth-order valence-corrected chi connectivity index (χ4v) is 2.44. The summed E-state index contributed by atoms with van der Waals surface area (Å²) in [6.07, 6.45) is 0.613. The molecule has 0 spiro atoms. The predicted octanol–water partition coefficient (Wildman–Crippen LogP) is 2.65. The molecular weight excluding hydrogens is 538 g/mol. The van der Waals surface area contributed by atoms with E-state index in [4.69, 9.17) is 0 Å². The van der Waals surface area contributed by atoms with E-state index in [-0.39, 0.29) is 53.3 Å². The zero-order valence-corrected chi connectivity index (χ0v) is 21.3. The largest absolute Gasteiger partial charge is 2.00 e. The minimum absolute atomic E-state index is 0. The van der Waals surface area contributed by atoms with E-state index < -0.39 is 17.8 Å². The molecule has 0 saturated heterocycles. The number of ether oxygens (including phenoxy) is 2. The second-order valence-corrected chi connectivity index (χ2v) is 5.62. The van der Waals surface area contributed by atoms with Gasteiger partial charge in [0.05, 0.1) is 25.3 Å². The topological polar surface area (TPSA) is 52.6 Å². The summed E-state index contributed by atoms with van der Waals surface area (Å²) in [5.41, 5.74) is 1.43. The first-order chi connectivity index (χ1) is 12.8. The van der Waals surface area contributed by atoms with Crippen LogP contribution in [-0.2, 0) is 15.9 Å². The summed E-state index contributed by atoms with van der Waals surface area (Å²) in [5, 5.41) is 0. The van der Waals surface area contributed by atoms with Crippen LogP contribution >= 0.6 is 15.9 Å². The Labute approximate surface area is 212 Å². The Morgan fingerprint density at radius 3 is 1.73 bits per heavy atom. The van der Waals surface area contributed by atoms with E-state index in [2.05, 4.69) is 32.3 Å². The first-order valence-electron chi connectivity index (χ1n) is 7.94. The van der Waals surface area contributed by atoms with Crippen molar-refractivity contribution in [3.05, 3.63) is 76.1 Å². The van der Waals surface area contributed by atoms with E-state index >= 15 is 0 Å². The molecule has 0 heterocycles.